The molecular formula is C16H25BrOS. The van der Waals surface area contributed by atoms with Crippen LogP contribution in [0.15, 0.2) is 29.2 Å². The molecule has 0 radical (unpaired) electrons. The Bertz CT molecular complexity index is 330. The Labute approximate surface area is 130 Å². The van der Waals surface area contributed by atoms with Gasteiger partial charge < -0.3 is 4.74 Å². The van der Waals surface area contributed by atoms with Gasteiger partial charge in [0, 0.05) is 10.2 Å². The van der Waals surface area contributed by atoms with Gasteiger partial charge in [-0.1, -0.05) is 60.2 Å². The lowest BCUT2D eigenvalue weighted by Gasteiger charge is -2.07. The fraction of sp³-hybridized carbons (Fsp3) is 0.625. The van der Waals surface area contributed by atoms with Gasteiger partial charge in [0.1, 0.15) is 5.75 Å². The van der Waals surface area contributed by atoms with Crippen LogP contribution in [0.4, 0.5) is 0 Å². The summed E-state index contributed by atoms with van der Waals surface area (Å²) in [4.78, 5) is 1.27. The van der Waals surface area contributed by atoms with Crippen molar-refractivity contribution in [3.63, 3.8) is 0 Å². The van der Waals surface area contributed by atoms with E-state index in [0.29, 0.717) is 0 Å². The van der Waals surface area contributed by atoms with E-state index in [1.54, 1.807) is 7.11 Å². The Hall–Kier alpha value is -0.150. The van der Waals surface area contributed by atoms with Crippen LogP contribution in [0.5, 0.6) is 5.75 Å². The van der Waals surface area contributed by atoms with Crippen molar-refractivity contribution in [1.29, 1.82) is 0 Å². The molecule has 3 heteroatoms. The summed E-state index contributed by atoms with van der Waals surface area (Å²) in [7, 11) is 1.74. The molecule has 0 N–H and O–H groups in total. The molecule has 0 unspecified atom stereocenters. The van der Waals surface area contributed by atoms with Gasteiger partial charge in [-0.2, -0.15) is 0 Å². The zero-order valence-electron chi connectivity index (χ0n) is 11.9. The first-order chi connectivity index (χ1) is 9.38. The number of hydrogen-bond donors (Lipinski definition) is 0. The second-order valence-electron chi connectivity index (χ2n) is 4.66. The van der Waals surface area contributed by atoms with Gasteiger partial charge in [-0.05, 0) is 30.7 Å². The highest BCUT2D eigenvalue weighted by Crippen LogP contribution is 2.29. The topological polar surface area (TPSA) is 9.23 Å². The third kappa shape index (κ3) is 7.88. The molecule has 108 valence electrons. The molecule has 0 fully saturated rings. The van der Waals surface area contributed by atoms with E-state index in [-0.39, 0.29) is 0 Å². The number of ether oxygens (including phenoxy) is 1. The van der Waals surface area contributed by atoms with Crippen molar-refractivity contribution >= 4 is 27.7 Å². The monoisotopic (exact) mass is 344 g/mol. The van der Waals surface area contributed by atoms with Crippen molar-refractivity contribution < 1.29 is 4.74 Å². The number of unbranched alkanes of at least 4 members (excludes halogenated alkanes) is 6. The summed E-state index contributed by atoms with van der Waals surface area (Å²) in [6, 6.07) is 8.28. The molecule has 1 aromatic rings. The summed E-state index contributed by atoms with van der Waals surface area (Å²) in [6.07, 6.45) is 9.54. The molecule has 0 saturated carbocycles. The lowest BCUT2D eigenvalue weighted by Crippen LogP contribution is -1.87. The second-order valence-corrected chi connectivity index (χ2v) is 6.59. The number of halogens is 1. The predicted octanol–water partition coefficient (Wildman–Crippen LogP) is 5.91. The summed E-state index contributed by atoms with van der Waals surface area (Å²) in [5.41, 5.74) is 0. The van der Waals surface area contributed by atoms with Crippen molar-refractivity contribution in [3.05, 3.63) is 24.3 Å². The zero-order valence-corrected chi connectivity index (χ0v) is 14.3. The average molecular weight is 345 g/mol. The highest BCUT2D eigenvalue weighted by molar-refractivity contribution is 9.09. The molecule has 0 spiro atoms. The van der Waals surface area contributed by atoms with Crippen molar-refractivity contribution in [2.45, 2.75) is 49.8 Å². The third-order valence-electron chi connectivity index (χ3n) is 3.10. The van der Waals surface area contributed by atoms with Crippen LogP contribution in [0.3, 0.4) is 0 Å². The van der Waals surface area contributed by atoms with E-state index in [1.807, 2.05) is 23.9 Å². The molecule has 0 aliphatic rings. The summed E-state index contributed by atoms with van der Waals surface area (Å²) >= 11 is 5.39. The number of hydrogen-bond acceptors (Lipinski definition) is 2. The fourth-order valence-corrected chi connectivity index (χ4v) is 3.43. The highest BCUT2D eigenvalue weighted by Gasteiger charge is 2.01. The predicted molar refractivity (Wildman–Crippen MR) is 89.8 cm³/mol. The van der Waals surface area contributed by atoms with Crippen molar-refractivity contribution in [2.75, 3.05) is 18.2 Å². The molecule has 0 heterocycles. The normalized spacial score (nSPS) is 10.6. The first-order valence-corrected chi connectivity index (χ1v) is 9.31. The zero-order chi connectivity index (χ0) is 13.8. The smallest absolute Gasteiger partial charge is 0.132 e. The number of methoxy groups -OCH3 is 1. The standard InChI is InChI=1S/C16H25BrOS/c1-18-15-11-7-8-12-16(15)19-14-10-6-4-2-3-5-9-13-17/h7-8,11-12H,2-6,9-10,13-14H2,1H3. The minimum absolute atomic E-state index is 1.00. The first kappa shape index (κ1) is 16.9. The molecule has 0 bridgehead atoms. The molecule has 1 rings (SSSR count). The van der Waals surface area contributed by atoms with Crippen LogP contribution in [0, 0.1) is 0 Å². The molecule has 0 saturated heterocycles. The molecule has 19 heavy (non-hydrogen) atoms. The Morgan fingerprint density at radius 1 is 0.947 bits per heavy atom. The van der Waals surface area contributed by atoms with E-state index in [2.05, 4.69) is 28.1 Å². The molecule has 0 aliphatic carbocycles. The highest BCUT2D eigenvalue weighted by atomic mass is 79.9. The number of rotatable bonds is 11. The minimum Gasteiger partial charge on any atom is -0.496 e. The van der Waals surface area contributed by atoms with Crippen LogP contribution in [-0.2, 0) is 0 Å². The van der Waals surface area contributed by atoms with Crippen LogP contribution < -0.4 is 4.74 Å². The van der Waals surface area contributed by atoms with Gasteiger partial charge in [0.2, 0.25) is 0 Å². The van der Waals surface area contributed by atoms with E-state index in [9.17, 15) is 0 Å². The Balaban J connectivity index is 2.01. The van der Waals surface area contributed by atoms with Gasteiger partial charge in [0.05, 0.1) is 7.11 Å². The number of benzene rings is 1. The van der Waals surface area contributed by atoms with E-state index >= 15 is 0 Å². The molecular weight excluding hydrogens is 320 g/mol. The lowest BCUT2D eigenvalue weighted by atomic mass is 10.1. The van der Waals surface area contributed by atoms with Crippen LogP contribution in [-0.4, -0.2) is 18.2 Å². The summed E-state index contributed by atoms with van der Waals surface area (Å²) in [5.74, 6) is 2.20. The van der Waals surface area contributed by atoms with E-state index in [4.69, 9.17) is 4.74 Å². The maximum absolute atomic E-state index is 5.35. The van der Waals surface area contributed by atoms with Crippen molar-refractivity contribution in [1.82, 2.24) is 0 Å². The van der Waals surface area contributed by atoms with Crippen LogP contribution in [0.2, 0.25) is 0 Å². The Morgan fingerprint density at radius 2 is 1.58 bits per heavy atom. The number of thioether (sulfide) groups is 1. The van der Waals surface area contributed by atoms with Crippen LogP contribution in [0.1, 0.15) is 44.9 Å². The van der Waals surface area contributed by atoms with E-state index < -0.39 is 0 Å². The fourth-order valence-electron chi connectivity index (χ4n) is 2.00. The SMILES string of the molecule is COc1ccccc1SCCCCCCCCCBr. The van der Waals surface area contributed by atoms with Gasteiger partial charge in [-0.15, -0.1) is 11.8 Å². The largest absolute Gasteiger partial charge is 0.496 e. The molecule has 0 aliphatic heterocycles. The molecule has 0 atom stereocenters. The Kier molecular flexibility index (Phi) is 10.4. The first-order valence-electron chi connectivity index (χ1n) is 7.20. The second kappa shape index (κ2) is 11.7. The van der Waals surface area contributed by atoms with Gasteiger partial charge in [-0.25, -0.2) is 0 Å². The Morgan fingerprint density at radius 3 is 2.26 bits per heavy atom. The van der Waals surface area contributed by atoms with Crippen LogP contribution in [0.25, 0.3) is 0 Å². The third-order valence-corrected chi connectivity index (χ3v) is 4.81. The van der Waals surface area contributed by atoms with E-state index in [1.165, 1.54) is 55.6 Å². The molecule has 0 amide bonds. The number of para-hydroxylation sites is 1. The maximum Gasteiger partial charge on any atom is 0.132 e. The van der Waals surface area contributed by atoms with Crippen molar-refractivity contribution in [2.24, 2.45) is 0 Å². The maximum atomic E-state index is 5.35. The van der Waals surface area contributed by atoms with Crippen LogP contribution >= 0.6 is 27.7 Å². The molecule has 1 nitrogen and oxygen atoms in total. The van der Waals surface area contributed by atoms with Crippen molar-refractivity contribution in [3.8, 4) is 5.75 Å². The van der Waals surface area contributed by atoms with Gasteiger partial charge in [0.25, 0.3) is 0 Å². The van der Waals surface area contributed by atoms with Gasteiger partial charge >= 0.3 is 0 Å². The molecule has 1 aromatic carbocycles. The average Bonchev–Trinajstić information content (AvgIpc) is 2.46. The van der Waals surface area contributed by atoms with E-state index in [0.717, 1.165) is 11.1 Å². The summed E-state index contributed by atoms with van der Waals surface area (Å²) in [6.45, 7) is 0. The lowest BCUT2D eigenvalue weighted by molar-refractivity contribution is 0.405. The minimum atomic E-state index is 1.00. The summed E-state index contributed by atoms with van der Waals surface area (Å²) < 4.78 is 5.35. The number of alkyl halides is 1. The van der Waals surface area contributed by atoms with Gasteiger partial charge in [-0.3, -0.25) is 0 Å². The molecule has 0 aromatic heterocycles. The summed E-state index contributed by atoms with van der Waals surface area (Å²) in [5, 5.41) is 1.16. The quantitative estimate of drug-likeness (QED) is 0.280. The van der Waals surface area contributed by atoms with Gasteiger partial charge in [0.15, 0.2) is 0 Å².